The maximum atomic E-state index is 11.7. The summed E-state index contributed by atoms with van der Waals surface area (Å²) < 4.78 is 0. The van der Waals surface area contributed by atoms with E-state index >= 15 is 0 Å². The maximum absolute atomic E-state index is 11.7. The van der Waals surface area contributed by atoms with Crippen molar-refractivity contribution in [2.24, 2.45) is 5.73 Å². The summed E-state index contributed by atoms with van der Waals surface area (Å²) >= 11 is 0. The molecule has 0 saturated carbocycles. The molecule has 21 heavy (non-hydrogen) atoms. The summed E-state index contributed by atoms with van der Waals surface area (Å²) in [4.78, 5) is 29.2. The Bertz CT molecular complexity index is 501. The minimum atomic E-state index is -0.0702. The standard InChI is InChI=1S/C14H21N5O2/c1-10(15)2-5-13(20)18-11-3-4-12(17-8-11)19-7-6-16-14(21)9-19/h3-4,8,10H,2,5-7,9,15H2,1H3,(H,16,21)(H,18,20). The summed E-state index contributed by atoms with van der Waals surface area (Å²) in [6, 6.07) is 3.61. The Hall–Kier alpha value is -2.15. The lowest BCUT2D eigenvalue weighted by Crippen LogP contribution is -2.48. The molecule has 1 atom stereocenters. The summed E-state index contributed by atoms with van der Waals surface area (Å²) in [6.45, 7) is 3.54. The molecule has 1 aromatic heterocycles. The average molecular weight is 291 g/mol. The first-order valence-electron chi connectivity index (χ1n) is 7.08. The van der Waals surface area contributed by atoms with Crippen LogP contribution in [0.3, 0.4) is 0 Å². The number of rotatable bonds is 5. The van der Waals surface area contributed by atoms with Gasteiger partial charge < -0.3 is 21.3 Å². The molecule has 2 amide bonds. The van der Waals surface area contributed by atoms with Crippen LogP contribution in [0.2, 0.25) is 0 Å². The summed E-state index contributed by atoms with van der Waals surface area (Å²) in [5.74, 6) is 0.661. The Labute approximate surface area is 123 Å². The number of hydrogen-bond acceptors (Lipinski definition) is 5. The molecule has 1 aliphatic heterocycles. The third-order valence-corrected chi connectivity index (χ3v) is 3.22. The van der Waals surface area contributed by atoms with Gasteiger partial charge in [-0.1, -0.05) is 0 Å². The number of amides is 2. The normalized spacial score (nSPS) is 16.3. The fraction of sp³-hybridized carbons (Fsp3) is 0.500. The topological polar surface area (TPSA) is 100 Å². The Balaban J connectivity index is 1.89. The van der Waals surface area contributed by atoms with Gasteiger partial charge in [0, 0.05) is 25.6 Å². The molecule has 1 fully saturated rings. The van der Waals surface area contributed by atoms with Crippen LogP contribution < -0.4 is 21.3 Å². The van der Waals surface area contributed by atoms with Gasteiger partial charge in [-0.15, -0.1) is 0 Å². The van der Waals surface area contributed by atoms with Crippen molar-refractivity contribution in [1.82, 2.24) is 10.3 Å². The molecule has 7 nitrogen and oxygen atoms in total. The number of anilines is 2. The molecule has 2 rings (SSSR count). The number of carbonyl (C=O) groups excluding carboxylic acids is 2. The van der Waals surface area contributed by atoms with E-state index in [4.69, 9.17) is 5.73 Å². The van der Waals surface area contributed by atoms with Crippen molar-refractivity contribution < 1.29 is 9.59 Å². The second kappa shape index (κ2) is 7.03. The first-order chi connectivity index (χ1) is 10.0. The van der Waals surface area contributed by atoms with E-state index < -0.39 is 0 Å². The van der Waals surface area contributed by atoms with Crippen molar-refractivity contribution in [3.05, 3.63) is 18.3 Å². The Kier molecular flexibility index (Phi) is 5.10. The van der Waals surface area contributed by atoms with Crippen LogP contribution in [-0.4, -0.2) is 42.5 Å². The van der Waals surface area contributed by atoms with E-state index in [0.717, 1.165) is 12.4 Å². The van der Waals surface area contributed by atoms with Crippen molar-refractivity contribution in [2.75, 3.05) is 29.9 Å². The summed E-state index contributed by atoms with van der Waals surface area (Å²) in [5.41, 5.74) is 6.27. The molecule has 1 aliphatic rings. The number of piperazine rings is 1. The van der Waals surface area contributed by atoms with E-state index in [-0.39, 0.29) is 17.9 Å². The minimum absolute atomic E-state index is 0.00339. The van der Waals surface area contributed by atoms with Gasteiger partial charge in [0.15, 0.2) is 0 Å². The lowest BCUT2D eigenvalue weighted by atomic mass is 10.2. The van der Waals surface area contributed by atoms with Crippen LogP contribution in [0.4, 0.5) is 11.5 Å². The first-order valence-corrected chi connectivity index (χ1v) is 7.08. The lowest BCUT2D eigenvalue weighted by molar-refractivity contribution is -0.120. The third kappa shape index (κ3) is 4.71. The molecule has 0 bridgehead atoms. The number of nitrogens with zero attached hydrogens (tertiary/aromatic N) is 2. The van der Waals surface area contributed by atoms with Gasteiger partial charge in [-0.3, -0.25) is 9.59 Å². The molecule has 0 aromatic carbocycles. The van der Waals surface area contributed by atoms with Crippen molar-refractivity contribution in [3.8, 4) is 0 Å². The summed E-state index contributed by atoms with van der Waals surface area (Å²) in [5, 5.41) is 5.55. The van der Waals surface area contributed by atoms with Gasteiger partial charge in [0.1, 0.15) is 5.82 Å². The molecule has 0 spiro atoms. The molecule has 1 aromatic rings. The van der Waals surface area contributed by atoms with E-state index in [0.29, 0.717) is 31.6 Å². The van der Waals surface area contributed by atoms with Gasteiger partial charge >= 0.3 is 0 Å². The van der Waals surface area contributed by atoms with Gasteiger partial charge in [0.2, 0.25) is 11.8 Å². The van der Waals surface area contributed by atoms with Crippen molar-refractivity contribution in [3.63, 3.8) is 0 Å². The highest BCUT2D eigenvalue weighted by Gasteiger charge is 2.17. The number of pyridine rings is 1. The number of nitrogens with two attached hydrogens (primary N) is 1. The highest BCUT2D eigenvalue weighted by atomic mass is 16.2. The summed E-state index contributed by atoms with van der Waals surface area (Å²) in [7, 11) is 0. The fourth-order valence-corrected chi connectivity index (χ4v) is 2.06. The van der Waals surface area contributed by atoms with Crippen LogP contribution in [-0.2, 0) is 9.59 Å². The molecule has 2 heterocycles. The minimum Gasteiger partial charge on any atom is -0.353 e. The zero-order valence-electron chi connectivity index (χ0n) is 12.1. The average Bonchev–Trinajstić information content (AvgIpc) is 2.46. The Morgan fingerprint density at radius 3 is 3.00 bits per heavy atom. The van der Waals surface area contributed by atoms with Gasteiger partial charge in [-0.05, 0) is 25.5 Å². The molecule has 7 heteroatoms. The number of aromatic nitrogens is 1. The monoisotopic (exact) mass is 291 g/mol. The number of carbonyl (C=O) groups is 2. The van der Waals surface area contributed by atoms with E-state index in [1.54, 1.807) is 18.3 Å². The first kappa shape index (κ1) is 15.2. The fourth-order valence-electron chi connectivity index (χ4n) is 2.06. The van der Waals surface area contributed by atoms with Crippen molar-refractivity contribution in [2.45, 2.75) is 25.8 Å². The largest absolute Gasteiger partial charge is 0.353 e. The molecule has 114 valence electrons. The van der Waals surface area contributed by atoms with Crippen molar-refractivity contribution in [1.29, 1.82) is 0 Å². The quantitative estimate of drug-likeness (QED) is 0.713. The molecule has 1 saturated heterocycles. The van der Waals surface area contributed by atoms with Gasteiger partial charge in [0.05, 0.1) is 18.4 Å². The SMILES string of the molecule is CC(N)CCC(=O)Nc1ccc(N2CCNC(=O)C2)nc1. The maximum Gasteiger partial charge on any atom is 0.239 e. The van der Waals surface area contributed by atoms with Gasteiger partial charge in [-0.25, -0.2) is 4.98 Å². The molecule has 0 radical (unpaired) electrons. The number of hydrogen-bond donors (Lipinski definition) is 3. The predicted molar refractivity (Wildman–Crippen MR) is 81.0 cm³/mol. The lowest BCUT2D eigenvalue weighted by Gasteiger charge is -2.27. The number of nitrogens with one attached hydrogen (secondary N) is 2. The van der Waals surface area contributed by atoms with E-state index in [9.17, 15) is 9.59 Å². The molecular formula is C14H21N5O2. The van der Waals surface area contributed by atoms with Crippen LogP contribution in [0, 0.1) is 0 Å². The van der Waals surface area contributed by atoms with Crippen molar-refractivity contribution >= 4 is 23.3 Å². The van der Waals surface area contributed by atoms with Crippen LogP contribution >= 0.6 is 0 Å². The van der Waals surface area contributed by atoms with Gasteiger partial charge in [0.25, 0.3) is 0 Å². The van der Waals surface area contributed by atoms with Crippen LogP contribution in [0.5, 0.6) is 0 Å². The predicted octanol–water partition coefficient (Wildman–Crippen LogP) is 0.0837. The second-order valence-corrected chi connectivity index (χ2v) is 5.24. The zero-order valence-corrected chi connectivity index (χ0v) is 12.1. The second-order valence-electron chi connectivity index (χ2n) is 5.24. The highest BCUT2D eigenvalue weighted by Crippen LogP contribution is 2.15. The van der Waals surface area contributed by atoms with Gasteiger partial charge in [-0.2, -0.15) is 0 Å². The molecule has 4 N–H and O–H groups in total. The van der Waals surface area contributed by atoms with E-state index in [2.05, 4.69) is 15.6 Å². The van der Waals surface area contributed by atoms with Crippen LogP contribution in [0.1, 0.15) is 19.8 Å². The van der Waals surface area contributed by atoms with Crippen LogP contribution in [0.15, 0.2) is 18.3 Å². The van der Waals surface area contributed by atoms with Crippen LogP contribution in [0.25, 0.3) is 0 Å². The Morgan fingerprint density at radius 2 is 2.38 bits per heavy atom. The highest BCUT2D eigenvalue weighted by molar-refractivity contribution is 5.90. The van der Waals surface area contributed by atoms with E-state index in [1.165, 1.54) is 0 Å². The zero-order chi connectivity index (χ0) is 15.2. The Morgan fingerprint density at radius 1 is 1.57 bits per heavy atom. The smallest absolute Gasteiger partial charge is 0.239 e. The molecule has 0 aliphatic carbocycles. The molecular weight excluding hydrogens is 270 g/mol. The third-order valence-electron chi connectivity index (χ3n) is 3.22. The summed E-state index contributed by atoms with van der Waals surface area (Å²) in [6.07, 6.45) is 2.65. The molecule has 1 unspecified atom stereocenters. The van der Waals surface area contributed by atoms with E-state index in [1.807, 2.05) is 11.8 Å².